The van der Waals surface area contributed by atoms with E-state index in [-0.39, 0.29) is 18.1 Å². The molecule has 27 heavy (non-hydrogen) atoms. The molecule has 0 radical (unpaired) electrons. The molecule has 146 valence electrons. The zero-order valence-electron chi connectivity index (χ0n) is 16.2. The summed E-state index contributed by atoms with van der Waals surface area (Å²) in [5.74, 6) is 2.05. The maximum Gasteiger partial charge on any atom is 0.223 e. The summed E-state index contributed by atoms with van der Waals surface area (Å²) in [6, 6.07) is 7.93. The first-order valence-electron chi connectivity index (χ1n) is 9.41. The molecular weight excluding hydrogens is 346 g/mol. The van der Waals surface area contributed by atoms with Gasteiger partial charge in [-0.1, -0.05) is 12.1 Å². The highest BCUT2D eigenvalue weighted by Crippen LogP contribution is 2.16. The van der Waals surface area contributed by atoms with Crippen molar-refractivity contribution >= 4 is 5.91 Å². The highest BCUT2D eigenvalue weighted by atomic mass is 16.5. The van der Waals surface area contributed by atoms with Crippen molar-refractivity contribution in [1.82, 2.24) is 15.1 Å². The first-order chi connectivity index (χ1) is 13.0. The van der Waals surface area contributed by atoms with E-state index in [2.05, 4.69) is 10.2 Å². The van der Waals surface area contributed by atoms with Gasteiger partial charge in [-0.3, -0.25) is 4.79 Å². The largest absolute Gasteiger partial charge is 0.497 e. The van der Waals surface area contributed by atoms with Gasteiger partial charge in [0.2, 0.25) is 17.7 Å². The number of methoxy groups -OCH3 is 1. The van der Waals surface area contributed by atoms with E-state index in [0.717, 1.165) is 17.7 Å². The van der Waals surface area contributed by atoms with E-state index in [1.807, 2.05) is 43.0 Å². The van der Waals surface area contributed by atoms with Gasteiger partial charge >= 0.3 is 0 Å². The van der Waals surface area contributed by atoms with Gasteiger partial charge in [-0.2, -0.15) is 0 Å². The molecule has 2 heterocycles. The van der Waals surface area contributed by atoms with Crippen LogP contribution in [0.5, 0.6) is 5.75 Å². The number of carbonyl (C=O) groups is 1. The highest BCUT2D eigenvalue weighted by molar-refractivity contribution is 5.76. The van der Waals surface area contributed by atoms with Gasteiger partial charge in [-0.15, -0.1) is 10.2 Å². The molecule has 1 saturated heterocycles. The molecule has 1 aromatic carbocycles. The molecule has 1 aliphatic heterocycles. The van der Waals surface area contributed by atoms with Gasteiger partial charge in [0.25, 0.3) is 0 Å². The van der Waals surface area contributed by atoms with Gasteiger partial charge < -0.3 is 18.8 Å². The average Bonchev–Trinajstić information content (AvgIpc) is 3.12. The number of aryl methyl sites for hydroxylation is 3. The first-order valence-corrected chi connectivity index (χ1v) is 9.41. The SMILES string of the molecule is COc1cccc(CCc2nnc(CCC(=O)N3C[C@@H](C)O[C@@H](C)C3)o2)c1. The van der Waals surface area contributed by atoms with Crippen molar-refractivity contribution in [3.8, 4) is 5.75 Å². The van der Waals surface area contributed by atoms with Gasteiger partial charge in [0.15, 0.2) is 0 Å². The Bertz CT molecular complexity index is 751. The van der Waals surface area contributed by atoms with Crippen LogP contribution in [0.3, 0.4) is 0 Å². The normalized spacial score (nSPS) is 19.9. The minimum atomic E-state index is 0.0734. The Morgan fingerprint density at radius 3 is 2.56 bits per heavy atom. The van der Waals surface area contributed by atoms with E-state index in [0.29, 0.717) is 44.1 Å². The van der Waals surface area contributed by atoms with Crippen molar-refractivity contribution < 1.29 is 18.7 Å². The van der Waals surface area contributed by atoms with E-state index >= 15 is 0 Å². The molecule has 0 aliphatic carbocycles. The molecule has 1 aromatic heterocycles. The van der Waals surface area contributed by atoms with Crippen molar-refractivity contribution in [3.63, 3.8) is 0 Å². The van der Waals surface area contributed by atoms with Crippen molar-refractivity contribution in [2.24, 2.45) is 0 Å². The summed E-state index contributed by atoms with van der Waals surface area (Å²) in [6.45, 7) is 5.25. The number of carbonyl (C=O) groups excluding carboxylic acids is 1. The molecule has 1 aliphatic rings. The quantitative estimate of drug-likeness (QED) is 0.742. The lowest BCUT2D eigenvalue weighted by atomic mass is 10.1. The fraction of sp³-hybridized carbons (Fsp3) is 0.550. The molecule has 0 N–H and O–H groups in total. The van der Waals surface area contributed by atoms with Crippen LogP contribution in [-0.2, 0) is 28.8 Å². The number of rotatable bonds is 7. The summed E-state index contributed by atoms with van der Waals surface area (Å²) in [6.07, 6.45) is 2.43. The third-order valence-corrected chi connectivity index (χ3v) is 4.60. The Morgan fingerprint density at radius 1 is 1.15 bits per heavy atom. The molecule has 2 aromatic rings. The lowest BCUT2D eigenvalue weighted by Gasteiger charge is -2.35. The summed E-state index contributed by atoms with van der Waals surface area (Å²) >= 11 is 0. The molecular formula is C20H27N3O4. The monoisotopic (exact) mass is 373 g/mol. The Hall–Kier alpha value is -2.41. The van der Waals surface area contributed by atoms with Crippen LogP contribution in [0.1, 0.15) is 37.6 Å². The molecule has 3 rings (SSSR count). The summed E-state index contributed by atoms with van der Waals surface area (Å²) < 4.78 is 16.6. The van der Waals surface area contributed by atoms with Crippen LogP contribution in [0.15, 0.2) is 28.7 Å². The van der Waals surface area contributed by atoms with Gasteiger partial charge in [0.1, 0.15) is 5.75 Å². The van der Waals surface area contributed by atoms with Crippen LogP contribution < -0.4 is 4.74 Å². The minimum absolute atomic E-state index is 0.0734. The molecule has 0 spiro atoms. The molecule has 0 unspecified atom stereocenters. The summed E-state index contributed by atoms with van der Waals surface area (Å²) in [5.41, 5.74) is 1.15. The zero-order valence-corrected chi connectivity index (χ0v) is 16.2. The third-order valence-electron chi connectivity index (χ3n) is 4.60. The van der Waals surface area contributed by atoms with Gasteiger partial charge in [-0.25, -0.2) is 0 Å². The summed E-state index contributed by atoms with van der Waals surface area (Å²) in [5, 5.41) is 8.17. The van der Waals surface area contributed by atoms with Crippen molar-refractivity contribution in [2.75, 3.05) is 20.2 Å². The predicted octanol–water partition coefficient (Wildman–Crippen LogP) is 2.43. The van der Waals surface area contributed by atoms with Crippen LogP contribution in [0.25, 0.3) is 0 Å². The number of hydrogen-bond acceptors (Lipinski definition) is 6. The van der Waals surface area contributed by atoms with Crippen LogP contribution >= 0.6 is 0 Å². The van der Waals surface area contributed by atoms with Crippen molar-refractivity contribution in [1.29, 1.82) is 0 Å². The Kier molecular flexibility index (Phi) is 6.45. The molecule has 2 atom stereocenters. The molecule has 7 heteroatoms. The standard InChI is InChI=1S/C20H27N3O4/c1-14-12-23(13-15(2)26-14)20(24)10-9-19-22-21-18(27-19)8-7-16-5-4-6-17(11-16)25-3/h4-6,11,14-15H,7-10,12-13H2,1-3H3/t14-,15+. The fourth-order valence-electron chi connectivity index (χ4n) is 3.32. The molecule has 1 amide bonds. The second kappa shape index (κ2) is 8.99. The average molecular weight is 373 g/mol. The maximum atomic E-state index is 12.4. The van der Waals surface area contributed by atoms with E-state index in [9.17, 15) is 4.79 Å². The van der Waals surface area contributed by atoms with E-state index < -0.39 is 0 Å². The second-order valence-electron chi connectivity index (χ2n) is 7.00. The van der Waals surface area contributed by atoms with Gasteiger partial charge in [-0.05, 0) is 38.0 Å². The van der Waals surface area contributed by atoms with Crippen LogP contribution in [0, 0.1) is 0 Å². The lowest BCUT2D eigenvalue weighted by Crippen LogP contribution is -2.48. The first kappa shape index (κ1) is 19.4. The van der Waals surface area contributed by atoms with Crippen LogP contribution in [0.4, 0.5) is 0 Å². The third kappa shape index (κ3) is 5.53. The summed E-state index contributed by atoms with van der Waals surface area (Å²) in [4.78, 5) is 14.3. The van der Waals surface area contributed by atoms with Crippen molar-refractivity contribution in [2.45, 2.75) is 51.7 Å². The lowest BCUT2D eigenvalue weighted by molar-refractivity contribution is -0.143. The Labute approximate surface area is 159 Å². The molecule has 0 saturated carbocycles. The van der Waals surface area contributed by atoms with E-state index in [4.69, 9.17) is 13.9 Å². The molecule has 0 bridgehead atoms. The highest BCUT2D eigenvalue weighted by Gasteiger charge is 2.25. The van der Waals surface area contributed by atoms with Crippen LogP contribution in [-0.4, -0.2) is 53.4 Å². The smallest absolute Gasteiger partial charge is 0.223 e. The number of hydrogen-bond donors (Lipinski definition) is 0. The minimum Gasteiger partial charge on any atom is -0.497 e. The number of benzene rings is 1. The van der Waals surface area contributed by atoms with Gasteiger partial charge in [0.05, 0.1) is 19.3 Å². The number of nitrogens with zero attached hydrogens (tertiary/aromatic N) is 3. The molecule has 7 nitrogen and oxygen atoms in total. The number of aromatic nitrogens is 2. The van der Waals surface area contributed by atoms with Crippen molar-refractivity contribution in [3.05, 3.63) is 41.6 Å². The Balaban J connectivity index is 1.47. The zero-order chi connectivity index (χ0) is 19.2. The topological polar surface area (TPSA) is 77.7 Å². The number of morpholine rings is 1. The fourth-order valence-corrected chi connectivity index (χ4v) is 3.32. The predicted molar refractivity (Wildman–Crippen MR) is 99.6 cm³/mol. The van der Waals surface area contributed by atoms with Gasteiger partial charge in [0, 0.05) is 32.4 Å². The van der Waals surface area contributed by atoms with E-state index in [1.54, 1.807) is 7.11 Å². The maximum absolute atomic E-state index is 12.4. The summed E-state index contributed by atoms with van der Waals surface area (Å²) in [7, 11) is 1.66. The van der Waals surface area contributed by atoms with E-state index in [1.165, 1.54) is 0 Å². The Morgan fingerprint density at radius 2 is 1.85 bits per heavy atom. The number of amides is 1. The van der Waals surface area contributed by atoms with Crippen LogP contribution in [0.2, 0.25) is 0 Å². The number of ether oxygens (including phenoxy) is 2. The molecule has 1 fully saturated rings. The second-order valence-corrected chi connectivity index (χ2v) is 7.00.